The van der Waals surface area contributed by atoms with Gasteiger partial charge >= 0.3 is 0 Å². The third-order valence-corrected chi connectivity index (χ3v) is 7.39. The molecule has 0 unspecified atom stereocenters. The molecule has 204 valence electrons. The minimum Gasteiger partial charge on any atom is -0.504 e. The predicted octanol–water partition coefficient (Wildman–Crippen LogP) is -0.156. The van der Waals surface area contributed by atoms with Crippen molar-refractivity contribution in [3.05, 3.63) is 47.0 Å². The van der Waals surface area contributed by atoms with Crippen molar-refractivity contribution in [2.24, 2.45) is 11.8 Å². The van der Waals surface area contributed by atoms with Crippen LogP contribution in [0.2, 0.25) is 0 Å². The summed E-state index contributed by atoms with van der Waals surface area (Å²) in [5.74, 6) is -0.704. The first kappa shape index (κ1) is 27.4. The van der Waals surface area contributed by atoms with Gasteiger partial charge in [0.05, 0.1) is 27.4 Å². The van der Waals surface area contributed by atoms with Crippen LogP contribution in [0.4, 0.5) is 0 Å². The van der Waals surface area contributed by atoms with Gasteiger partial charge in [-0.3, -0.25) is 0 Å². The normalized spacial score (nSPS) is 31.5. The first-order valence-electron chi connectivity index (χ1n) is 12.0. The van der Waals surface area contributed by atoms with Crippen molar-refractivity contribution in [1.29, 1.82) is 0 Å². The zero-order valence-electron chi connectivity index (χ0n) is 20.6. The van der Waals surface area contributed by atoms with Crippen molar-refractivity contribution >= 4 is 0 Å². The van der Waals surface area contributed by atoms with E-state index in [1.54, 1.807) is 24.3 Å². The smallest absolute Gasteiger partial charge is 0.186 e. The molecule has 0 bridgehead atoms. The fraction of sp³-hybridized carbons (Fsp3) is 0.538. The Kier molecular flexibility index (Phi) is 8.44. The monoisotopic (exact) mass is 522 g/mol. The number of fused-ring (bicyclic) bond motifs is 1. The van der Waals surface area contributed by atoms with E-state index in [9.17, 15) is 35.7 Å². The summed E-state index contributed by atoms with van der Waals surface area (Å²) in [6.07, 6.45) is -6.59. The number of aliphatic hydroxyl groups is 5. The number of hydrogen-bond acceptors (Lipinski definition) is 11. The van der Waals surface area contributed by atoms with Crippen LogP contribution in [0.5, 0.6) is 23.0 Å². The van der Waals surface area contributed by atoms with E-state index in [0.29, 0.717) is 6.42 Å². The lowest BCUT2D eigenvalue weighted by Crippen LogP contribution is -2.59. The summed E-state index contributed by atoms with van der Waals surface area (Å²) in [5, 5.41) is 71.1. The van der Waals surface area contributed by atoms with Gasteiger partial charge in [0.1, 0.15) is 24.4 Å². The van der Waals surface area contributed by atoms with Gasteiger partial charge in [-0.05, 0) is 59.2 Å². The SMILES string of the molecule is COc1cc([C@H]2c3cc(O)c(OC)cc3C[C@@H](CO[C@H]3O[C@@H](CO)[C@H](O)[C@@H](O)[C@@H]3O)[C@@H]2CO)ccc1O. The molecular formula is C26H34O11. The van der Waals surface area contributed by atoms with Crippen LogP contribution in [0.15, 0.2) is 30.3 Å². The summed E-state index contributed by atoms with van der Waals surface area (Å²) in [7, 11) is 2.88. The third kappa shape index (κ3) is 5.21. The van der Waals surface area contributed by atoms with Gasteiger partial charge in [0.25, 0.3) is 0 Å². The highest BCUT2D eigenvalue weighted by Gasteiger charge is 2.45. The number of phenolic OH excluding ortho intramolecular Hbond substituents is 2. The van der Waals surface area contributed by atoms with E-state index in [2.05, 4.69) is 0 Å². The zero-order valence-corrected chi connectivity index (χ0v) is 20.6. The highest BCUT2D eigenvalue weighted by Crippen LogP contribution is 2.48. The summed E-state index contributed by atoms with van der Waals surface area (Å²) in [6.45, 7) is -0.819. The average Bonchev–Trinajstić information content (AvgIpc) is 2.90. The van der Waals surface area contributed by atoms with Crippen LogP contribution in [0.25, 0.3) is 0 Å². The van der Waals surface area contributed by atoms with Crippen LogP contribution in [-0.4, -0.2) is 100 Å². The first-order chi connectivity index (χ1) is 17.7. The van der Waals surface area contributed by atoms with E-state index in [4.69, 9.17) is 18.9 Å². The predicted molar refractivity (Wildman–Crippen MR) is 129 cm³/mol. The fourth-order valence-electron chi connectivity index (χ4n) is 5.37. The maximum absolute atomic E-state index is 10.5. The Bertz CT molecular complexity index is 1070. The second kappa shape index (κ2) is 11.4. The minimum atomic E-state index is -1.57. The molecule has 8 atom stereocenters. The molecule has 7 N–H and O–H groups in total. The maximum Gasteiger partial charge on any atom is 0.186 e. The van der Waals surface area contributed by atoms with Crippen LogP contribution >= 0.6 is 0 Å². The molecule has 1 heterocycles. The van der Waals surface area contributed by atoms with Gasteiger partial charge in [-0.15, -0.1) is 0 Å². The molecule has 1 saturated heterocycles. The highest BCUT2D eigenvalue weighted by molar-refractivity contribution is 5.53. The summed E-state index contributed by atoms with van der Waals surface area (Å²) in [5.41, 5.74) is 2.35. The summed E-state index contributed by atoms with van der Waals surface area (Å²) in [4.78, 5) is 0. The molecule has 2 aromatic rings. The summed E-state index contributed by atoms with van der Waals surface area (Å²) in [6, 6.07) is 8.23. The van der Waals surface area contributed by atoms with Gasteiger partial charge < -0.3 is 54.7 Å². The molecule has 2 aromatic carbocycles. The van der Waals surface area contributed by atoms with Crippen LogP contribution in [0, 0.1) is 11.8 Å². The molecule has 0 radical (unpaired) electrons. The van der Waals surface area contributed by atoms with E-state index < -0.39 is 49.1 Å². The van der Waals surface area contributed by atoms with Crippen molar-refractivity contribution in [3.63, 3.8) is 0 Å². The second-order valence-corrected chi connectivity index (χ2v) is 9.47. The molecule has 0 spiro atoms. The number of aliphatic hydroxyl groups excluding tert-OH is 5. The Morgan fingerprint density at radius 3 is 2.22 bits per heavy atom. The van der Waals surface area contributed by atoms with Crippen LogP contribution in [0.1, 0.15) is 22.6 Å². The molecule has 1 fully saturated rings. The molecule has 0 saturated carbocycles. The maximum atomic E-state index is 10.5. The second-order valence-electron chi connectivity index (χ2n) is 9.47. The lowest BCUT2D eigenvalue weighted by Gasteiger charge is -2.42. The standard InChI is InChI=1S/C26H34O11/c1-34-19-6-12(3-4-17(19)29)22-15-8-18(30)20(35-2)7-13(15)5-14(16(22)9-27)11-36-26-25(33)24(32)23(31)21(10-28)37-26/h3-4,6-8,14,16,21-33H,5,9-11H2,1-2H3/t14-,16-,21-,22-,23-,24+,25-,26-/m0/s1. The largest absolute Gasteiger partial charge is 0.504 e. The van der Waals surface area contributed by atoms with Crippen molar-refractivity contribution in [2.75, 3.05) is 34.0 Å². The van der Waals surface area contributed by atoms with Gasteiger partial charge in [-0.2, -0.15) is 0 Å². The Morgan fingerprint density at radius 1 is 0.865 bits per heavy atom. The number of phenols is 2. The molecule has 37 heavy (non-hydrogen) atoms. The van der Waals surface area contributed by atoms with E-state index in [1.165, 1.54) is 20.3 Å². The van der Waals surface area contributed by atoms with E-state index in [0.717, 1.165) is 16.7 Å². The Balaban J connectivity index is 1.68. The van der Waals surface area contributed by atoms with E-state index in [1.807, 2.05) is 0 Å². The van der Waals surface area contributed by atoms with Gasteiger partial charge in [0, 0.05) is 12.5 Å². The van der Waals surface area contributed by atoms with Crippen LogP contribution in [0.3, 0.4) is 0 Å². The van der Waals surface area contributed by atoms with Gasteiger partial charge in [0.15, 0.2) is 29.3 Å². The quantitative estimate of drug-likeness (QED) is 0.245. The Morgan fingerprint density at radius 2 is 1.57 bits per heavy atom. The summed E-state index contributed by atoms with van der Waals surface area (Å²) < 4.78 is 21.9. The Hall–Kier alpha value is -2.64. The van der Waals surface area contributed by atoms with Crippen molar-refractivity contribution in [3.8, 4) is 23.0 Å². The van der Waals surface area contributed by atoms with Crippen molar-refractivity contribution < 1.29 is 54.7 Å². The lowest BCUT2D eigenvalue weighted by molar-refractivity contribution is -0.304. The van der Waals surface area contributed by atoms with Crippen molar-refractivity contribution in [1.82, 2.24) is 0 Å². The number of hydrogen-bond donors (Lipinski definition) is 7. The third-order valence-electron chi connectivity index (χ3n) is 7.39. The lowest BCUT2D eigenvalue weighted by atomic mass is 9.67. The molecule has 4 rings (SSSR count). The number of rotatable bonds is 8. The van der Waals surface area contributed by atoms with Crippen LogP contribution in [-0.2, 0) is 15.9 Å². The van der Waals surface area contributed by atoms with E-state index in [-0.39, 0.29) is 42.1 Å². The molecule has 1 aliphatic heterocycles. The molecule has 11 nitrogen and oxygen atoms in total. The van der Waals surface area contributed by atoms with Gasteiger partial charge in [-0.25, -0.2) is 0 Å². The zero-order chi connectivity index (χ0) is 26.9. The molecule has 2 aliphatic rings. The summed E-state index contributed by atoms with van der Waals surface area (Å²) >= 11 is 0. The number of aromatic hydroxyl groups is 2. The number of ether oxygens (including phenoxy) is 4. The van der Waals surface area contributed by atoms with Crippen LogP contribution < -0.4 is 9.47 Å². The molecule has 0 aromatic heterocycles. The minimum absolute atomic E-state index is 0.00225. The molecular weight excluding hydrogens is 488 g/mol. The highest BCUT2D eigenvalue weighted by atomic mass is 16.7. The first-order valence-corrected chi connectivity index (χ1v) is 12.0. The number of benzene rings is 2. The molecule has 11 heteroatoms. The van der Waals surface area contributed by atoms with Crippen molar-refractivity contribution in [2.45, 2.75) is 43.0 Å². The average molecular weight is 523 g/mol. The molecule has 1 aliphatic carbocycles. The number of methoxy groups -OCH3 is 2. The fourth-order valence-corrected chi connectivity index (χ4v) is 5.37. The topological polar surface area (TPSA) is 179 Å². The van der Waals surface area contributed by atoms with Gasteiger partial charge in [-0.1, -0.05) is 6.07 Å². The Labute approximate surface area is 214 Å². The molecule has 0 amide bonds. The van der Waals surface area contributed by atoms with Gasteiger partial charge in [0.2, 0.25) is 0 Å². The van der Waals surface area contributed by atoms with E-state index >= 15 is 0 Å².